The lowest BCUT2D eigenvalue weighted by atomic mass is 9.98. The van der Waals surface area contributed by atoms with Crippen LogP contribution in [0.4, 0.5) is 5.69 Å². The predicted molar refractivity (Wildman–Crippen MR) is 143 cm³/mol. The molecule has 4 aromatic rings. The lowest BCUT2D eigenvalue weighted by Crippen LogP contribution is -2.35. The highest BCUT2D eigenvalue weighted by Gasteiger charge is 2.22. The summed E-state index contributed by atoms with van der Waals surface area (Å²) in [6, 6.07) is 24.4. The van der Waals surface area contributed by atoms with Crippen molar-refractivity contribution < 1.29 is 10.2 Å². The van der Waals surface area contributed by atoms with Crippen LogP contribution in [0.25, 0.3) is 0 Å². The second kappa shape index (κ2) is 11.3. The topological polar surface area (TPSA) is 119 Å². The average Bonchev–Trinajstić information content (AvgIpc) is 3.15. The molecule has 7 nitrogen and oxygen atoms in total. The van der Waals surface area contributed by atoms with Gasteiger partial charge in [0.2, 0.25) is 0 Å². The van der Waals surface area contributed by atoms with E-state index in [0.29, 0.717) is 9.92 Å². The maximum Gasteiger partial charge on any atom is 0.277 e. The molecule has 0 spiro atoms. The van der Waals surface area contributed by atoms with E-state index in [4.69, 9.17) is 11.6 Å². The molecule has 0 saturated carbocycles. The van der Waals surface area contributed by atoms with Gasteiger partial charge in [-0.3, -0.25) is 14.6 Å². The smallest absolute Gasteiger partial charge is 0.277 e. The van der Waals surface area contributed by atoms with Crippen LogP contribution in [0.5, 0.6) is 5.88 Å². The van der Waals surface area contributed by atoms with Crippen molar-refractivity contribution in [2.24, 2.45) is 0 Å². The molecule has 5 N–H and O–H groups in total. The summed E-state index contributed by atoms with van der Waals surface area (Å²) in [7, 11) is 0. The Balaban J connectivity index is 0.00000304. The molecule has 1 fully saturated rings. The highest BCUT2D eigenvalue weighted by atomic mass is 35.5. The fraction of sp³-hybridized carbons (Fsp3) is 0.222. The lowest BCUT2D eigenvalue weighted by molar-refractivity contribution is -0.284. The molecule has 3 aromatic carbocycles. The van der Waals surface area contributed by atoms with Crippen molar-refractivity contribution in [1.82, 2.24) is 15.9 Å². The van der Waals surface area contributed by atoms with E-state index in [2.05, 4.69) is 10.00 Å². The maximum atomic E-state index is 13.5. The lowest BCUT2D eigenvalue weighted by Gasteiger charge is -2.32. The molecular weight excluding hydrogens is 496 g/mol. The van der Waals surface area contributed by atoms with E-state index in [-0.39, 0.29) is 23.0 Å². The molecule has 1 aliphatic heterocycles. The number of aromatic amines is 1. The van der Waals surface area contributed by atoms with E-state index in [1.807, 2.05) is 60.7 Å². The first-order valence-electron chi connectivity index (χ1n) is 11.5. The molecular formula is C27H28ClN4O3S-. The number of aliphatic hydroxyl groups is 1. The number of hydrogen-bond acceptors (Lipinski definition) is 6. The number of halogens is 1. The van der Waals surface area contributed by atoms with Gasteiger partial charge in [-0.1, -0.05) is 78.0 Å². The fourth-order valence-electron chi connectivity index (χ4n) is 4.44. The van der Waals surface area contributed by atoms with Crippen LogP contribution in [0.1, 0.15) is 30.0 Å². The summed E-state index contributed by atoms with van der Waals surface area (Å²) in [6.07, 6.45) is 1.28. The van der Waals surface area contributed by atoms with Gasteiger partial charge in [-0.25, -0.2) is 0 Å². The number of nitrogens with zero attached hydrogens (tertiary/aromatic N) is 2. The Morgan fingerprint density at radius 3 is 2.22 bits per heavy atom. The molecule has 0 radical (unpaired) electrons. The molecule has 0 bridgehead atoms. The van der Waals surface area contributed by atoms with E-state index >= 15 is 0 Å². The first-order chi connectivity index (χ1) is 17.0. The van der Waals surface area contributed by atoms with Gasteiger partial charge in [0.25, 0.3) is 5.56 Å². The Bertz CT molecular complexity index is 1350. The number of H-pyrrole nitrogens is 1. The second-order valence-corrected chi connectivity index (χ2v) is 10.1. The first kappa shape index (κ1) is 25.9. The fourth-order valence-corrected chi connectivity index (χ4v) is 5.55. The van der Waals surface area contributed by atoms with Gasteiger partial charge < -0.3 is 21.3 Å². The van der Waals surface area contributed by atoms with Crippen molar-refractivity contribution >= 4 is 29.1 Å². The minimum absolute atomic E-state index is 0. The normalized spacial score (nSPS) is 14.9. The van der Waals surface area contributed by atoms with Crippen molar-refractivity contribution in [3.8, 4) is 5.88 Å². The summed E-state index contributed by atoms with van der Waals surface area (Å²) in [5, 5.41) is 26.5. The van der Waals surface area contributed by atoms with Crippen molar-refractivity contribution in [2.75, 3.05) is 18.0 Å². The standard InChI is InChI=1S/C27H26ClN3O3S.H3N/c28-22-8-4-5-9-23(22)35-25-26(33)29-31(27(25)34)24(18-6-2-1-3-7-18)19-10-12-20(13-11-19)30-16-14-21(32)15-17-30;/h1-13,21,24,32,34H,14-17H2,(H,29,33);1H3/p-1. The van der Waals surface area contributed by atoms with Crippen LogP contribution in [0.15, 0.2) is 93.4 Å². The predicted octanol–water partition coefficient (Wildman–Crippen LogP) is 4.82. The molecule has 1 aliphatic rings. The van der Waals surface area contributed by atoms with Crippen LogP contribution < -0.4 is 21.7 Å². The molecule has 1 aromatic heterocycles. The molecule has 5 rings (SSSR count). The number of piperidine rings is 1. The number of aliphatic hydroxyl groups excluding tert-OH is 1. The van der Waals surface area contributed by atoms with Gasteiger partial charge >= 0.3 is 0 Å². The third-order valence-corrected chi connectivity index (χ3v) is 7.88. The monoisotopic (exact) mass is 523 g/mol. The number of aromatic nitrogens is 2. The third-order valence-electron chi connectivity index (χ3n) is 6.30. The van der Waals surface area contributed by atoms with Gasteiger partial charge in [0.05, 0.1) is 22.1 Å². The first-order valence-corrected chi connectivity index (χ1v) is 12.7. The number of benzene rings is 3. The molecule has 2 heterocycles. The van der Waals surface area contributed by atoms with E-state index in [1.54, 1.807) is 18.2 Å². The Kier molecular flexibility index (Phi) is 8.11. The summed E-state index contributed by atoms with van der Waals surface area (Å²) < 4.78 is 1.41. The zero-order chi connectivity index (χ0) is 24.4. The van der Waals surface area contributed by atoms with Crippen LogP contribution >= 0.6 is 23.4 Å². The Morgan fingerprint density at radius 1 is 0.944 bits per heavy atom. The zero-order valence-electron chi connectivity index (χ0n) is 19.6. The zero-order valence-corrected chi connectivity index (χ0v) is 21.2. The summed E-state index contributed by atoms with van der Waals surface area (Å²) in [5.41, 5.74) is 2.41. The van der Waals surface area contributed by atoms with Crippen LogP contribution in [0.2, 0.25) is 5.02 Å². The average molecular weight is 524 g/mol. The largest absolute Gasteiger partial charge is 0.858 e. The second-order valence-electron chi connectivity index (χ2n) is 8.60. The van der Waals surface area contributed by atoms with Gasteiger partial charge in [0, 0.05) is 29.6 Å². The van der Waals surface area contributed by atoms with Crippen LogP contribution in [-0.4, -0.2) is 34.1 Å². The van der Waals surface area contributed by atoms with E-state index in [0.717, 1.165) is 54.5 Å². The minimum Gasteiger partial charge on any atom is -0.858 e. The molecule has 188 valence electrons. The summed E-state index contributed by atoms with van der Waals surface area (Å²) in [6.45, 7) is 1.61. The van der Waals surface area contributed by atoms with E-state index in [9.17, 15) is 15.0 Å². The third kappa shape index (κ3) is 5.32. The van der Waals surface area contributed by atoms with Gasteiger partial charge in [-0.2, -0.15) is 0 Å². The van der Waals surface area contributed by atoms with Crippen molar-refractivity contribution in [3.63, 3.8) is 0 Å². The Hall–Kier alpha value is -3.17. The number of anilines is 1. The Morgan fingerprint density at radius 2 is 1.56 bits per heavy atom. The molecule has 1 atom stereocenters. The van der Waals surface area contributed by atoms with E-state index < -0.39 is 11.6 Å². The maximum absolute atomic E-state index is 13.5. The molecule has 0 aliphatic carbocycles. The summed E-state index contributed by atoms with van der Waals surface area (Å²) >= 11 is 7.35. The van der Waals surface area contributed by atoms with E-state index in [1.165, 1.54) is 4.68 Å². The van der Waals surface area contributed by atoms with Crippen LogP contribution in [0.3, 0.4) is 0 Å². The molecule has 36 heavy (non-hydrogen) atoms. The van der Waals surface area contributed by atoms with Gasteiger partial charge in [-0.05, 0) is 48.2 Å². The van der Waals surface area contributed by atoms with Gasteiger partial charge in [0.15, 0.2) is 0 Å². The molecule has 0 amide bonds. The number of nitrogens with one attached hydrogen (secondary N) is 1. The van der Waals surface area contributed by atoms with Crippen LogP contribution in [0, 0.1) is 0 Å². The van der Waals surface area contributed by atoms with Crippen LogP contribution in [-0.2, 0) is 0 Å². The SMILES string of the molecule is N.O=c1[nH]n(C(c2ccccc2)c2ccc(N3CCC(O)CC3)cc2)c([O-])c1Sc1ccccc1Cl. The minimum atomic E-state index is -0.491. The van der Waals surface area contributed by atoms with Gasteiger partial charge in [-0.15, -0.1) is 0 Å². The molecule has 1 unspecified atom stereocenters. The highest BCUT2D eigenvalue weighted by Crippen LogP contribution is 2.37. The quantitative estimate of drug-likeness (QED) is 0.333. The highest BCUT2D eigenvalue weighted by molar-refractivity contribution is 7.99. The summed E-state index contributed by atoms with van der Waals surface area (Å²) in [5.74, 6) is -0.386. The summed E-state index contributed by atoms with van der Waals surface area (Å²) in [4.78, 5) is 15.9. The number of rotatable bonds is 6. The number of hydrogen-bond donors (Lipinski definition) is 3. The molecule has 1 saturated heterocycles. The van der Waals surface area contributed by atoms with Crippen molar-refractivity contribution in [1.29, 1.82) is 0 Å². The Labute approximate surface area is 218 Å². The molecule has 9 heteroatoms. The van der Waals surface area contributed by atoms with Crippen molar-refractivity contribution in [3.05, 3.63) is 105 Å². The van der Waals surface area contributed by atoms with Crippen molar-refractivity contribution in [2.45, 2.75) is 34.8 Å². The van der Waals surface area contributed by atoms with Gasteiger partial charge in [0.1, 0.15) is 0 Å².